The number of halogens is 2. The lowest BCUT2D eigenvalue weighted by molar-refractivity contribution is -0.385. The molecule has 174 valence electrons. The highest BCUT2D eigenvalue weighted by Gasteiger charge is 2.27. The highest BCUT2D eigenvalue weighted by atomic mass is 19.1. The fourth-order valence-electron chi connectivity index (χ4n) is 3.78. The highest BCUT2D eigenvalue weighted by molar-refractivity contribution is 6.11. The third-order valence-corrected chi connectivity index (χ3v) is 5.55. The number of nitrogens with zero attached hydrogens (tertiary/aromatic N) is 2. The number of carbonyl (C=O) groups is 1. The van der Waals surface area contributed by atoms with Gasteiger partial charge in [-0.15, -0.1) is 0 Å². The van der Waals surface area contributed by atoms with Crippen molar-refractivity contribution in [1.82, 2.24) is 9.97 Å². The van der Waals surface area contributed by atoms with Gasteiger partial charge in [0.05, 0.1) is 36.6 Å². The molecule has 0 fully saturated rings. The summed E-state index contributed by atoms with van der Waals surface area (Å²) < 4.78 is 39.3. The second kappa shape index (κ2) is 8.89. The zero-order valence-electron chi connectivity index (χ0n) is 18.4. The van der Waals surface area contributed by atoms with Gasteiger partial charge >= 0.3 is 0 Å². The molecule has 0 atom stereocenters. The molecule has 0 radical (unpaired) electrons. The van der Waals surface area contributed by atoms with Crippen LogP contribution in [-0.2, 0) is 6.42 Å². The van der Waals surface area contributed by atoms with Crippen LogP contribution < -0.4 is 9.47 Å². The van der Waals surface area contributed by atoms with Crippen LogP contribution >= 0.6 is 0 Å². The van der Waals surface area contributed by atoms with E-state index >= 15 is 0 Å². The summed E-state index contributed by atoms with van der Waals surface area (Å²) in [6.45, 7) is 1.78. The number of aromatic nitrogens is 2. The average Bonchev–Trinajstić information content (AvgIpc) is 3.24. The monoisotopic (exact) mass is 467 g/mol. The van der Waals surface area contributed by atoms with Crippen molar-refractivity contribution in [1.29, 1.82) is 0 Å². The Kier molecular flexibility index (Phi) is 5.97. The third-order valence-electron chi connectivity index (χ3n) is 5.55. The minimum absolute atomic E-state index is 0.00949. The predicted molar refractivity (Wildman–Crippen MR) is 120 cm³/mol. The number of nitro benzene ring substituents is 1. The Balaban J connectivity index is 1.74. The van der Waals surface area contributed by atoms with Crippen LogP contribution in [0, 0.1) is 28.7 Å². The molecule has 0 aliphatic rings. The molecule has 0 aliphatic heterocycles. The molecule has 2 heterocycles. The molecule has 10 heteroatoms. The number of benzene rings is 2. The number of nitro groups is 1. The number of ketones is 1. The second-order valence-electron chi connectivity index (χ2n) is 7.57. The Morgan fingerprint density at radius 2 is 1.79 bits per heavy atom. The summed E-state index contributed by atoms with van der Waals surface area (Å²) in [5, 5.41) is 12.0. The normalized spacial score (nSPS) is 11.0. The van der Waals surface area contributed by atoms with E-state index in [4.69, 9.17) is 9.47 Å². The van der Waals surface area contributed by atoms with Crippen molar-refractivity contribution >= 4 is 22.4 Å². The van der Waals surface area contributed by atoms with E-state index in [2.05, 4.69) is 9.97 Å². The van der Waals surface area contributed by atoms with Gasteiger partial charge in [-0.2, -0.15) is 0 Å². The largest absolute Gasteiger partial charge is 0.494 e. The molecule has 2 aromatic carbocycles. The molecule has 0 aliphatic carbocycles. The summed E-state index contributed by atoms with van der Waals surface area (Å²) in [5.74, 6) is -3.88. The first-order valence-electron chi connectivity index (χ1n) is 10.1. The maximum absolute atomic E-state index is 14.8. The van der Waals surface area contributed by atoms with Crippen LogP contribution in [0.15, 0.2) is 42.6 Å². The number of methoxy groups -OCH3 is 2. The Morgan fingerprint density at radius 1 is 1.12 bits per heavy atom. The molecule has 0 amide bonds. The molecule has 8 nitrogen and oxygen atoms in total. The number of rotatable bonds is 7. The topological polar surface area (TPSA) is 107 Å². The third kappa shape index (κ3) is 3.94. The standard InChI is InChI=1S/C24H19F2N3O5/c1-12-5-4-6-18(29(31)32)15(12)9-14-7-13-8-16(28-17(13)11-27-14)24(30)21-22(25)19(33-2)10-20(34-3)23(21)26/h4-8,10-11,28H,9H2,1-3H3. The quantitative estimate of drug-likeness (QED) is 0.235. The molecule has 34 heavy (non-hydrogen) atoms. The lowest BCUT2D eigenvalue weighted by atomic mass is 10.0. The summed E-state index contributed by atoms with van der Waals surface area (Å²) in [4.78, 5) is 31.1. The van der Waals surface area contributed by atoms with Gasteiger partial charge in [0.25, 0.3) is 5.69 Å². The smallest absolute Gasteiger partial charge is 0.273 e. The van der Waals surface area contributed by atoms with Crippen LogP contribution in [-0.4, -0.2) is 34.9 Å². The predicted octanol–water partition coefficient (Wildman–Crippen LogP) is 4.90. The van der Waals surface area contributed by atoms with Crippen LogP contribution in [0.3, 0.4) is 0 Å². The molecule has 0 spiro atoms. The molecular formula is C24H19F2N3O5. The number of aryl methyl sites for hydroxylation is 1. The maximum atomic E-state index is 14.8. The van der Waals surface area contributed by atoms with Gasteiger partial charge < -0.3 is 14.5 Å². The molecule has 0 saturated carbocycles. The lowest BCUT2D eigenvalue weighted by Crippen LogP contribution is -2.10. The summed E-state index contributed by atoms with van der Waals surface area (Å²) in [6.07, 6.45) is 1.66. The van der Waals surface area contributed by atoms with Crippen molar-refractivity contribution in [3.63, 3.8) is 0 Å². The second-order valence-corrected chi connectivity index (χ2v) is 7.57. The fourth-order valence-corrected chi connectivity index (χ4v) is 3.78. The first kappa shape index (κ1) is 22.8. The zero-order valence-corrected chi connectivity index (χ0v) is 18.4. The lowest BCUT2D eigenvalue weighted by Gasteiger charge is -2.11. The van der Waals surface area contributed by atoms with E-state index in [1.165, 1.54) is 32.5 Å². The first-order valence-corrected chi connectivity index (χ1v) is 10.1. The number of pyridine rings is 1. The highest BCUT2D eigenvalue weighted by Crippen LogP contribution is 2.33. The SMILES string of the molecule is COc1cc(OC)c(F)c(C(=O)c2cc3cc(Cc4c(C)cccc4[N+](=O)[O-])ncc3[nH]2)c1F. The number of carbonyl (C=O) groups excluding carboxylic acids is 1. The minimum Gasteiger partial charge on any atom is -0.494 e. The van der Waals surface area contributed by atoms with Crippen molar-refractivity contribution in [2.24, 2.45) is 0 Å². The van der Waals surface area contributed by atoms with Gasteiger partial charge in [0.15, 0.2) is 23.1 Å². The Morgan fingerprint density at radius 3 is 2.41 bits per heavy atom. The number of H-pyrrole nitrogens is 1. The molecular weight excluding hydrogens is 448 g/mol. The van der Waals surface area contributed by atoms with E-state index in [1.807, 2.05) is 0 Å². The van der Waals surface area contributed by atoms with Gasteiger partial charge in [0.2, 0.25) is 5.78 Å². The van der Waals surface area contributed by atoms with Crippen LogP contribution in [0.2, 0.25) is 0 Å². The van der Waals surface area contributed by atoms with Crippen LogP contribution in [0.25, 0.3) is 10.9 Å². The van der Waals surface area contributed by atoms with Crippen molar-refractivity contribution in [2.75, 3.05) is 14.2 Å². The van der Waals surface area contributed by atoms with Crippen molar-refractivity contribution in [3.8, 4) is 11.5 Å². The number of hydrogen-bond donors (Lipinski definition) is 1. The number of nitrogens with one attached hydrogen (secondary N) is 1. The van der Waals surface area contributed by atoms with E-state index in [-0.39, 0.29) is 29.3 Å². The van der Waals surface area contributed by atoms with Crippen molar-refractivity contribution in [2.45, 2.75) is 13.3 Å². The summed E-state index contributed by atoms with van der Waals surface area (Å²) in [5.41, 5.74) is 1.38. The van der Waals surface area contributed by atoms with Gasteiger partial charge in [0.1, 0.15) is 5.56 Å². The van der Waals surface area contributed by atoms with E-state index in [0.717, 1.165) is 11.6 Å². The van der Waals surface area contributed by atoms with E-state index in [1.54, 1.807) is 25.1 Å². The summed E-state index contributed by atoms with van der Waals surface area (Å²) in [7, 11) is 2.39. The molecule has 1 N–H and O–H groups in total. The Hall–Kier alpha value is -4.34. The molecule has 0 saturated heterocycles. The van der Waals surface area contributed by atoms with Crippen LogP contribution in [0.4, 0.5) is 14.5 Å². The minimum atomic E-state index is -1.14. The molecule has 0 bridgehead atoms. The van der Waals surface area contributed by atoms with Gasteiger partial charge in [-0.3, -0.25) is 19.9 Å². The van der Waals surface area contributed by atoms with Crippen LogP contribution in [0.5, 0.6) is 11.5 Å². The van der Waals surface area contributed by atoms with E-state index in [0.29, 0.717) is 22.2 Å². The fraction of sp³-hybridized carbons (Fsp3) is 0.167. The Labute approximate surface area is 192 Å². The molecule has 0 unspecified atom stereocenters. The maximum Gasteiger partial charge on any atom is 0.273 e. The summed E-state index contributed by atoms with van der Waals surface area (Å²) in [6, 6.07) is 8.95. The van der Waals surface area contributed by atoms with Gasteiger partial charge in [-0.05, 0) is 24.6 Å². The van der Waals surface area contributed by atoms with E-state index in [9.17, 15) is 23.7 Å². The Bertz CT molecular complexity index is 1420. The molecule has 4 aromatic rings. The van der Waals surface area contributed by atoms with Crippen molar-refractivity contribution in [3.05, 3.63) is 92.4 Å². The molecule has 4 rings (SSSR count). The van der Waals surface area contributed by atoms with Crippen molar-refractivity contribution < 1.29 is 28.0 Å². The van der Waals surface area contributed by atoms with Gasteiger partial charge in [0, 0.05) is 35.2 Å². The summed E-state index contributed by atoms with van der Waals surface area (Å²) >= 11 is 0. The van der Waals surface area contributed by atoms with E-state index < -0.39 is 27.9 Å². The van der Waals surface area contributed by atoms with Gasteiger partial charge in [-0.1, -0.05) is 12.1 Å². The molecule has 2 aromatic heterocycles. The van der Waals surface area contributed by atoms with Crippen LogP contribution in [0.1, 0.15) is 32.9 Å². The van der Waals surface area contributed by atoms with Gasteiger partial charge in [-0.25, -0.2) is 8.78 Å². The first-order chi connectivity index (χ1) is 16.2. The number of ether oxygens (including phenoxy) is 2. The number of fused-ring (bicyclic) bond motifs is 1. The number of aromatic amines is 1. The average molecular weight is 467 g/mol. The number of hydrogen-bond acceptors (Lipinski definition) is 6. The zero-order chi connectivity index (χ0) is 24.6.